The molecule has 4 rings (SSSR count). The summed E-state index contributed by atoms with van der Waals surface area (Å²) in [6.07, 6.45) is 8.01. The van der Waals surface area contributed by atoms with Crippen molar-refractivity contribution in [2.45, 2.75) is 56.6 Å². The van der Waals surface area contributed by atoms with E-state index in [-0.39, 0.29) is 17.6 Å². The number of carbonyl (C=O) groups is 1. The van der Waals surface area contributed by atoms with Gasteiger partial charge < -0.3 is 14.2 Å². The maximum atomic E-state index is 12.7. The Morgan fingerprint density at radius 3 is 2.23 bits per heavy atom. The standard InChI is InChI=1S/C26H33NO4/c1-29-23-12-11-20(19-24(23)30-2)25(28)31-22-13-17-27(18-14-22)26(15-7-4-8-16-26)21-9-5-3-6-10-21/h3,5-6,9-12,19,22H,4,7-8,13-18H2,1-2H3. The third-order valence-electron chi connectivity index (χ3n) is 6.93. The number of carbonyl (C=O) groups excluding carboxylic acids is 1. The first-order valence-electron chi connectivity index (χ1n) is 11.4. The van der Waals surface area contributed by atoms with Crippen molar-refractivity contribution in [2.24, 2.45) is 0 Å². The van der Waals surface area contributed by atoms with Crippen LogP contribution in [0.25, 0.3) is 0 Å². The molecule has 0 N–H and O–H groups in total. The molecule has 2 aromatic rings. The Balaban J connectivity index is 1.40. The summed E-state index contributed by atoms with van der Waals surface area (Å²) >= 11 is 0. The fourth-order valence-corrected chi connectivity index (χ4v) is 5.26. The fraction of sp³-hybridized carbons (Fsp3) is 0.500. The molecule has 1 aliphatic heterocycles. The molecule has 0 radical (unpaired) electrons. The van der Waals surface area contributed by atoms with Gasteiger partial charge in [-0.3, -0.25) is 4.90 Å². The summed E-state index contributed by atoms with van der Waals surface area (Å²) in [7, 11) is 3.15. The van der Waals surface area contributed by atoms with Crippen LogP contribution in [0.15, 0.2) is 48.5 Å². The fourth-order valence-electron chi connectivity index (χ4n) is 5.26. The number of likely N-dealkylation sites (tertiary alicyclic amines) is 1. The van der Waals surface area contributed by atoms with Gasteiger partial charge in [-0.15, -0.1) is 0 Å². The van der Waals surface area contributed by atoms with Crippen LogP contribution in [-0.4, -0.2) is 44.3 Å². The van der Waals surface area contributed by atoms with Crippen LogP contribution >= 0.6 is 0 Å². The average molecular weight is 424 g/mol. The minimum Gasteiger partial charge on any atom is -0.493 e. The summed E-state index contributed by atoms with van der Waals surface area (Å²) in [5, 5.41) is 0. The molecule has 31 heavy (non-hydrogen) atoms. The second kappa shape index (κ2) is 9.73. The summed E-state index contributed by atoms with van der Waals surface area (Å²) in [6.45, 7) is 1.91. The lowest BCUT2D eigenvalue weighted by molar-refractivity contribution is -0.0241. The molecule has 166 valence electrons. The second-order valence-corrected chi connectivity index (χ2v) is 8.62. The van der Waals surface area contributed by atoms with E-state index in [1.807, 2.05) is 0 Å². The molecule has 5 nitrogen and oxygen atoms in total. The van der Waals surface area contributed by atoms with Crippen LogP contribution < -0.4 is 9.47 Å². The van der Waals surface area contributed by atoms with Crippen LogP contribution in [0, 0.1) is 0 Å². The zero-order chi connectivity index (χ0) is 21.7. The topological polar surface area (TPSA) is 48.0 Å². The van der Waals surface area contributed by atoms with Crippen LogP contribution in [0.1, 0.15) is 60.9 Å². The van der Waals surface area contributed by atoms with E-state index in [1.165, 1.54) is 37.7 Å². The Morgan fingerprint density at radius 1 is 0.903 bits per heavy atom. The number of methoxy groups -OCH3 is 2. The molecule has 0 unspecified atom stereocenters. The molecule has 1 saturated heterocycles. The largest absolute Gasteiger partial charge is 0.493 e. The average Bonchev–Trinajstić information content (AvgIpc) is 2.85. The first-order valence-corrected chi connectivity index (χ1v) is 11.4. The molecule has 1 aliphatic carbocycles. The molecular formula is C26H33NO4. The zero-order valence-corrected chi connectivity index (χ0v) is 18.6. The van der Waals surface area contributed by atoms with E-state index in [2.05, 4.69) is 35.2 Å². The highest BCUT2D eigenvalue weighted by Crippen LogP contribution is 2.43. The SMILES string of the molecule is COc1ccc(C(=O)OC2CCN(C3(c4ccccc4)CCCCC3)CC2)cc1OC. The summed E-state index contributed by atoms with van der Waals surface area (Å²) in [4.78, 5) is 15.4. The molecule has 1 heterocycles. The normalized spacial score (nSPS) is 19.5. The molecule has 2 aromatic carbocycles. The summed E-state index contributed by atoms with van der Waals surface area (Å²) in [6, 6.07) is 16.1. The highest BCUT2D eigenvalue weighted by atomic mass is 16.5. The number of hydrogen-bond acceptors (Lipinski definition) is 5. The van der Waals surface area contributed by atoms with Gasteiger partial charge in [-0.25, -0.2) is 4.79 Å². The number of esters is 1. The molecule has 0 bridgehead atoms. The molecular weight excluding hydrogens is 390 g/mol. The maximum Gasteiger partial charge on any atom is 0.338 e. The number of benzene rings is 2. The highest BCUT2D eigenvalue weighted by molar-refractivity contribution is 5.90. The second-order valence-electron chi connectivity index (χ2n) is 8.62. The minimum atomic E-state index is -0.296. The Hall–Kier alpha value is -2.53. The molecule has 0 amide bonds. The minimum absolute atomic E-state index is 0.0479. The van der Waals surface area contributed by atoms with Crippen molar-refractivity contribution in [1.82, 2.24) is 4.90 Å². The molecule has 1 saturated carbocycles. The van der Waals surface area contributed by atoms with Crippen LogP contribution in [0.4, 0.5) is 0 Å². The van der Waals surface area contributed by atoms with E-state index in [0.29, 0.717) is 17.1 Å². The number of hydrogen-bond donors (Lipinski definition) is 0. The van der Waals surface area contributed by atoms with E-state index in [0.717, 1.165) is 25.9 Å². The number of nitrogens with zero attached hydrogens (tertiary/aromatic N) is 1. The van der Waals surface area contributed by atoms with Gasteiger partial charge in [-0.05, 0) is 49.4 Å². The predicted molar refractivity (Wildman–Crippen MR) is 121 cm³/mol. The van der Waals surface area contributed by atoms with Crippen molar-refractivity contribution >= 4 is 5.97 Å². The Bertz CT molecular complexity index is 868. The lowest BCUT2D eigenvalue weighted by atomic mass is 9.74. The molecule has 2 aliphatic rings. The monoisotopic (exact) mass is 423 g/mol. The van der Waals surface area contributed by atoms with Crippen molar-refractivity contribution in [3.63, 3.8) is 0 Å². The number of rotatable bonds is 6. The van der Waals surface area contributed by atoms with E-state index >= 15 is 0 Å². The van der Waals surface area contributed by atoms with Gasteiger partial charge in [-0.2, -0.15) is 0 Å². The van der Waals surface area contributed by atoms with Crippen LogP contribution in [0.5, 0.6) is 11.5 Å². The van der Waals surface area contributed by atoms with Gasteiger partial charge >= 0.3 is 5.97 Å². The Labute approximate surface area is 185 Å². The number of ether oxygens (including phenoxy) is 3. The quantitative estimate of drug-likeness (QED) is 0.599. The summed E-state index contributed by atoms with van der Waals surface area (Å²) < 4.78 is 16.4. The molecule has 0 spiro atoms. The molecule has 0 aromatic heterocycles. The third-order valence-corrected chi connectivity index (χ3v) is 6.93. The van der Waals surface area contributed by atoms with Gasteiger partial charge in [0.1, 0.15) is 6.10 Å². The third kappa shape index (κ3) is 4.57. The predicted octanol–water partition coefficient (Wildman–Crippen LogP) is 5.18. The van der Waals surface area contributed by atoms with Gasteiger partial charge in [-0.1, -0.05) is 49.6 Å². The molecule has 0 atom stereocenters. The first kappa shape index (κ1) is 21.7. The van der Waals surface area contributed by atoms with Crippen LogP contribution in [-0.2, 0) is 10.3 Å². The maximum absolute atomic E-state index is 12.7. The highest BCUT2D eigenvalue weighted by Gasteiger charge is 2.41. The zero-order valence-electron chi connectivity index (χ0n) is 18.6. The summed E-state index contributed by atoms with van der Waals surface area (Å²) in [5.41, 5.74) is 2.07. The van der Waals surface area contributed by atoms with E-state index in [1.54, 1.807) is 32.4 Å². The van der Waals surface area contributed by atoms with Gasteiger partial charge in [0.25, 0.3) is 0 Å². The van der Waals surface area contributed by atoms with Gasteiger partial charge in [0.05, 0.1) is 19.8 Å². The van der Waals surface area contributed by atoms with Gasteiger partial charge in [0.2, 0.25) is 0 Å². The van der Waals surface area contributed by atoms with Crippen molar-refractivity contribution < 1.29 is 19.0 Å². The van der Waals surface area contributed by atoms with Gasteiger partial charge in [0.15, 0.2) is 11.5 Å². The van der Waals surface area contributed by atoms with Crippen molar-refractivity contribution in [1.29, 1.82) is 0 Å². The van der Waals surface area contributed by atoms with Crippen molar-refractivity contribution in [3.8, 4) is 11.5 Å². The molecule has 2 fully saturated rings. The van der Waals surface area contributed by atoms with Crippen molar-refractivity contribution in [2.75, 3.05) is 27.3 Å². The smallest absolute Gasteiger partial charge is 0.338 e. The summed E-state index contributed by atoms with van der Waals surface area (Å²) in [5.74, 6) is 0.842. The lowest BCUT2D eigenvalue weighted by Gasteiger charge is -2.49. The van der Waals surface area contributed by atoms with E-state index in [9.17, 15) is 4.79 Å². The van der Waals surface area contributed by atoms with Crippen LogP contribution in [0.2, 0.25) is 0 Å². The van der Waals surface area contributed by atoms with E-state index < -0.39 is 0 Å². The first-order chi connectivity index (χ1) is 15.2. The van der Waals surface area contributed by atoms with E-state index in [4.69, 9.17) is 14.2 Å². The molecule has 5 heteroatoms. The lowest BCUT2D eigenvalue weighted by Crippen LogP contribution is -2.52. The Kier molecular flexibility index (Phi) is 6.81. The van der Waals surface area contributed by atoms with Gasteiger partial charge in [0, 0.05) is 18.6 Å². The van der Waals surface area contributed by atoms with Crippen molar-refractivity contribution in [3.05, 3.63) is 59.7 Å². The Morgan fingerprint density at radius 2 is 1.58 bits per heavy atom. The number of piperidine rings is 1. The van der Waals surface area contributed by atoms with Crippen LogP contribution in [0.3, 0.4) is 0 Å².